The van der Waals surface area contributed by atoms with Crippen molar-refractivity contribution in [3.63, 3.8) is 0 Å². The number of pyridine rings is 1. The molecule has 1 heterocycles. The third-order valence-corrected chi connectivity index (χ3v) is 2.97. The van der Waals surface area contributed by atoms with E-state index in [1.165, 1.54) is 17.8 Å². The van der Waals surface area contributed by atoms with E-state index >= 15 is 0 Å². The first-order valence-corrected chi connectivity index (χ1v) is 6.05. The zero-order chi connectivity index (χ0) is 13.0. The SMILES string of the molecule is CCc1ccc(CC(O)c2cncc(F)c2)cc1. The average Bonchev–Trinajstić information content (AvgIpc) is 2.39. The van der Waals surface area contributed by atoms with E-state index in [0.717, 1.165) is 18.2 Å². The van der Waals surface area contributed by atoms with Crippen molar-refractivity contribution in [1.29, 1.82) is 0 Å². The van der Waals surface area contributed by atoms with Gasteiger partial charge in [-0.15, -0.1) is 0 Å². The van der Waals surface area contributed by atoms with Gasteiger partial charge >= 0.3 is 0 Å². The Morgan fingerprint density at radius 1 is 1.17 bits per heavy atom. The number of rotatable bonds is 4. The van der Waals surface area contributed by atoms with Crippen LogP contribution in [0.5, 0.6) is 0 Å². The fourth-order valence-electron chi connectivity index (χ4n) is 1.86. The molecule has 0 amide bonds. The summed E-state index contributed by atoms with van der Waals surface area (Å²) in [6, 6.07) is 9.40. The van der Waals surface area contributed by atoms with Crippen molar-refractivity contribution in [2.75, 3.05) is 0 Å². The van der Waals surface area contributed by atoms with Crippen molar-refractivity contribution in [2.24, 2.45) is 0 Å². The molecule has 0 fully saturated rings. The molecule has 0 aliphatic heterocycles. The van der Waals surface area contributed by atoms with Crippen molar-refractivity contribution in [1.82, 2.24) is 4.98 Å². The number of benzene rings is 1. The molecule has 1 aromatic heterocycles. The van der Waals surface area contributed by atoms with E-state index in [2.05, 4.69) is 11.9 Å². The highest BCUT2D eigenvalue weighted by Gasteiger charge is 2.09. The van der Waals surface area contributed by atoms with Crippen LogP contribution < -0.4 is 0 Å². The van der Waals surface area contributed by atoms with Gasteiger partial charge in [0.1, 0.15) is 5.82 Å². The first kappa shape index (κ1) is 12.7. The summed E-state index contributed by atoms with van der Waals surface area (Å²) in [5.41, 5.74) is 2.80. The summed E-state index contributed by atoms with van der Waals surface area (Å²) in [4.78, 5) is 3.74. The molecule has 1 atom stereocenters. The smallest absolute Gasteiger partial charge is 0.141 e. The van der Waals surface area contributed by atoms with Crippen LogP contribution in [0, 0.1) is 5.82 Å². The van der Waals surface area contributed by atoms with Crippen LogP contribution in [0.1, 0.15) is 29.7 Å². The Morgan fingerprint density at radius 2 is 1.83 bits per heavy atom. The van der Waals surface area contributed by atoms with Gasteiger partial charge in [0.2, 0.25) is 0 Å². The number of hydrogen-bond acceptors (Lipinski definition) is 2. The van der Waals surface area contributed by atoms with Gasteiger partial charge in [-0.1, -0.05) is 31.2 Å². The molecule has 1 aromatic carbocycles. The maximum Gasteiger partial charge on any atom is 0.141 e. The molecule has 1 unspecified atom stereocenters. The van der Waals surface area contributed by atoms with E-state index in [1.54, 1.807) is 0 Å². The van der Waals surface area contributed by atoms with E-state index in [4.69, 9.17) is 0 Å². The zero-order valence-electron chi connectivity index (χ0n) is 10.3. The molecular weight excluding hydrogens is 229 g/mol. The summed E-state index contributed by atoms with van der Waals surface area (Å²) in [5, 5.41) is 10.0. The van der Waals surface area contributed by atoms with Crippen molar-refractivity contribution in [3.8, 4) is 0 Å². The minimum atomic E-state index is -0.722. The molecule has 1 N–H and O–H groups in total. The van der Waals surface area contributed by atoms with E-state index < -0.39 is 11.9 Å². The lowest BCUT2D eigenvalue weighted by molar-refractivity contribution is 0.177. The minimum absolute atomic E-state index is 0.423. The fourth-order valence-corrected chi connectivity index (χ4v) is 1.86. The molecule has 0 radical (unpaired) electrons. The second-order valence-electron chi connectivity index (χ2n) is 4.33. The highest BCUT2D eigenvalue weighted by molar-refractivity contribution is 5.24. The molecule has 0 aliphatic carbocycles. The van der Waals surface area contributed by atoms with Gasteiger partial charge in [0.15, 0.2) is 0 Å². The first-order valence-electron chi connectivity index (χ1n) is 6.05. The Kier molecular flexibility index (Phi) is 4.05. The van der Waals surface area contributed by atoms with E-state index in [1.807, 2.05) is 24.3 Å². The van der Waals surface area contributed by atoms with Gasteiger partial charge in [0.05, 0.1) is 12.3 Å². The highest BCUT2D eigenvalue weighted by atomic mass is 19.1. The predicted molar refractivity (Wildman–Crippen MR) is 68.7 cm³/mol. The van der Waals surface area contributed by atoms with Gasteiger partial charge in [0.25, 0.3) is 0 Å². The second-order valence-corrected chi connectivity index (χ2v) is 4.33. The number of aromatic nitrogens is 1. The fraction of sp³-hybridized carbons (Fsp3) is 0.267. The van der Waals surface area contributed by atoms with Crippen LogP contribution >= 0.6 is 0 Å². The average molecular weight is 245 g/mol. The summed E-state index contributed by atoms with van der Waals surface area (Å²) in [6.45, 7) is 2.10. The van der Waals surface area contributed by atoms with Crippen LogP contribution in [-0.4, -0.2) is 10.1 Å². The maximum atomic E-state index is 13.0. The van der Waals surface area contributed by atoms with Gasteiger partial charge in [0, 0.05) is 18.2 Å². The molecule has 2 rings (SSSR count). The lowest BCUT2D eigenvalue weighted by Gasteiger charge is -2.11. The minimum Gasteiger partial charge on any atom is -0.388 e. The Hall–Kier alpha value is -1.74. The molecule has 0 bridgehead atoms. The molecular formula is C15H16FNO. The van der Waals surface area contributed by atoms with Crippen molar-refractivity contribution >= 4 is 0 Å². The molecule has 18 heavy (non-hydrogen) atoms. The largest absolute Gasteiger partial charge is 0.388 e. The summed E-state index contributed by atoms with van der Waals surface area (Å²) in [6.07, 6.45) is 3.37. The molecule has 0 saturated heterocycles. The van der Waals surface area contributed by atoms with Gasteiger partial charge in [-0.05, 0) is 23.6 Å². The van der Waals surface area contributed by atoms with Crippen molar-refractivity contribution in [2.45, 2.75) is 25.9 Å². The van der Waals surface area contributed by atoms with Crippen LogP contribution in [0.25, 0.3) is 0 Å². The molecule has 2 nitrogen and oxygen atoms in total. The van der Waals surface area contributed by atoms with Crippen LogP contribution in [0.15, 0.2) is 42.7 Å². The van der Waals surface area contributed by atoms with Crippen LogP contribution in [0.4, 0.5) is 4.39 Å². The quantitative estimate of drug-likeness (QED) is 0.898. The predicted octanol–water partition coefficient (Wildman–Crippen LogP) is 3.06. The monoisotopic (exact) mass is 245 g/mol. The number of halogens is 1. The lowest BCUT2D eigenvalue weighted by atomic mass is 10.0. The van der Waals surface area contributed by atoms with E-state index in [-0.39, 0.29) is 0 Å². The molecule has 0 aliphatic rings. The molecule has 3 heteroatoms. The summed E-state index contributed by atoms with van der Waals surface area (Å²) < 4.78 is 13.0. The Bertz CT molecular complexity index is 510. The maximum absolute atomic E-state index is 13.0. The number of hydrogen-bond donors (Lipinski definition) is 1. The Morgan fingerprint density at radius 3 is 2.44 bits per heavy atom. The molecule has 94 valence electrons. The number of aryl methyl sites for hydroxylation is 1. The zero-order valence-corrected chi connectivity index (χ0v) is 10.3. The number of aliphatic hydroxyl groups excluding tert-OH is 1. The van der Waals surface area contributed by atoms with E-state index in [9.17, 15) is 9.50 Å². The van der Waals surface area contributed by atoms with Crippen LogP contribution in [-0.2, 0) is 12.8 Å². The lowest BCUT2D eigenvalue weighted by Crippen LogP contribution is -2.03. The standard InChI is InChI=1S/C15H16FNO/c1-2-11-3-5-12(6-4-11)7-15(18)13-8-14(16)10-17-9-13/h3-6,8-10,15,18H,2,7H2,1H3. The second kappa shape index (κ2) is 5.74. The molecule has 0 spiro atoms. The van der Waals surface area contributed by atoms with E-state index in [0.29, 0.717) is 12.0 Å². The number of aliphatic hydroxyl groups is 1. The topological polar surface area (TPSA) is 33.1 Å². The highest BCUT2D eigenvalue weighted by Crippen LogP contribution is 2.18. The Labute approximate surface area is 106 Å². The van der Waals surface area contributed by atoms with Crippen LogP contribution in [0.3, 0.4) is 0 Å². The number of nitrogens with zero attached hydrogens (tertiary/aromatic N) is 1. The normalized spacial score (nSPS) is 12.4. The summed E-state index contributed by atoms with van der Waals surface area (Å²) in [7, 11) is 0. The van der Waals surface area contributed by atoms with Crippen LogP contribution in [0.2, 0.25) is 0 Å². The third-order valence-electron chi connectivity index (χ3n) is 2.97. The third kappa shape index (κ3) is 3.14. The van der Waals surface area contributed by atoms with Gasteiger partial charge in [-0.2, -0.15) is 0 Å². The summed E-state index contributed by atoms with van der Waals surface area (Å²) in [5.74, 6) is -0.423. The van der Waals surface area contributed by atoms with Crippen molar-refractivity contribution < 1.29 is 9.50 Å². The first-order chi connectivity index (χ1) is 8.69. The van der Waals surface area contributed by atoms with Crippen molar-refractivity contribution in [3.05, 3.63) is 65.2 Å². The van der Waals surface area contributed by atoms with Gasteiger partial charge < -0.3 is 5.11 Å². The summed E-state index contributed by atoms with van der Waals surface area (Å²) >= 11 is 0. The molecule has 2 aromatic rings. The Balaban J connectivity index is 2.08. The van der Waals surface area contributed by atoms with Gasteiger partial charge in [-0.3, -0.25) is 4.98 Å². The van der Waals surface area contributed by atoms with Gasteiger partial charge in [-0.25, -0.2) is 4.39 Å². The molecule has 0 saturated carbocycles.